The van der Waals surface area contributed by atoms with Crippen LogP contribution in [0.25, 0.3) is 0 Å². The van der Waals surface area contributed by atoms with Gasteiger partial charge in [0, 0.05) is 19.3 Å². The molecule has 1 aliphatic heterocycles. The molecular formula is C12H21N3O. The number of nitrogens with zero attached hydrogens (tertiary/aromatic N) is 2. The second-order valence-electron chi connectivity index (χ2n) is 4.89. The van der Waals surface area contributed by atoms with Gasteiger partial charge in [0.1, 0.15) is 0 Å². The molecule has 0 saturated carbocycles. The molecule has 1 unspecified atom stereocenters. The highest BCUT2D eigenvalue weighted by Gasteiger charge is 2.30. The normalized spacial score (nSPS) is 24.9. The van der Waals surface area contributed by atoms with E-state index >= 15 is 0 Å². The van der Waals surface area contributed by atoms with Gasteiger partial charge >= 0.3 is 0 Å². The first-order chi connectivity index (χ1) is 7.63. The van der Waals surface area contributed by atoms with Crippen LogP contribution >= 0.6 is 0 Å². The van der Waals surface area contributed by atoms with Gasteiger partial charge in [0.15, 0.2) is 0 Å². The second kappa shape index (κ2) is 4.45. The first-order valence-electron chi connectivity index (χ1n) is 6.03. The highest BCUT2D eigenvalue weighted by Crippen LogP contribution is 2.23. The van der Waals surface area contributed by atoms with Gasteiger partial charge in [0.2, 0.25) is 5.95 Å². The van der Waals surface area contributed by atoms with E-state index in [0.717, 1.165) is 44.2 Å². The van der Waals surface area contributed by atoms with Crippen molar-refractivity contribution in [1.82, 2.24) is 9.55 Å². The summed E-state index contributed by atoms with van der Waals surface area (Å²) in [6.07, 6.45) is 4.27. The van der Waals surface area contributed by atoms with Crippen molar-refractivity contribution in [3.8, 4) is 0 Å². The van der Waals surface area contributed by atoms with E-state index in [4.69, 9.17) is 4.74 Å². The number of hydrogen-bond donors (Lipinski definition) is 1. The van der Waals surface area contributed by atoms with Crippen molar-refractivity contribution >= 4 is 5.95 Å². The van der Waals surface area contributed by atoms with Crippen molar-refractivity contribution in [3.05, 3.63) is 11.9 Å². The summed E-state index contributed by atoms with van der Waals surface area (Å²) in [4.78, 5) is 4.53. The van der Waals surface area contributed by atoms with Crippen molar-refractivity contribution in [3.63, 3.8) is 0 Å². The van der Waals surface area contributed by atoms with E-state index in [1.807, 2.05) is 6.92 Å². The fraction of sp³-hybridized carbons (Fsp3) is 0.750. The minimum absolute atomic E-state index is 0.0449. The zero-order valence-electron chi connectivity index (χ0n) is 10.4. The summed E-state index contributed by atoms with van der Waals surface area (Å²) < 4.78 is 7.63. The summed E-state index contributed by atoms with van der Waals surface area (Å²) in [6.45, 7) is 9.03. The Hall–Kier alpha value is -1.03. The number of imidazole rings is 1. The Bertz CT molecular complexity index is 353. The van der Waals surface area contributed by atoms with Gasteiger partial charge in [-0.05, 0) is 26.7 Å². The summed E-state index contributed by atoms with van der Waals surface area (Å²) in [5.41, 5.74) is 1.11. The van der Waals surface area contributed by atoms with Gasteiger partial charge < -0.3 is 14.6 Å². The average Bonchev–Trinajstić information content (AvgIpc) is 2.76. The lowest BCUT2D eigenvalue weighted by atomic mass is 10.0. The van der Waals surface area contributed by atoms with Crippen LogP contribution in [0.15, 0.2) is 6.20 Å². The van der Waals surface area contributed by atoms with E-state index in [0.29, 0.717) is 0 Å². The Morgan fingerprint density at radius 2 is 2.44 bits per heavy atom. The van der Waals surface area contributed by atoms with Crippen molar-refractivity contribution < 1.29 is 4.74 Å². The molecule has 0 amide bonds. The van der Waals surface area contributed by atoms with Crippen molar-refractivity contribution in [2.75, 3.05) is 18.5 Å². The number of rotatable bonds is 4. The van der Waals surface area contributed by atoms with E-state index in [1.165, 1.54) is 0 Å². The van der Waals surface area contributed by atoms with Crippen LogP contribution in [0.3, 0.4) is 0 Å². The standard InChI is InChI=1S/C12H21N3O/c1-4-6-15-8-10(2)13-11(15)14-12(3)5-7-16-9-12/h8H,4-7,9H2,1-3H3,(H,13,14). The predicted octanol–water partition coefficient (Wildman–Crippen LogP) is 2.19. The van der Waals surface area contributed by atoms with Gasteiger partial charge in [0.05, 0.1) is 17.8 Å². The zero-order valence-corrected chi connectivity index (χ0v) is 10.4. The minimum atomic E-state index is 0.0449. The third-order valence-corrected chi connectivity index (χ3v) is 2.99. The molecule has 4 heteroatoms. The number of aromatic nitrogens is 2. The largest absolute Gasteiger partial charge is 0.379 e. The molecule has 1 aromatic rings. The topological polar surface area (TPSA) is 39.1 Å². The summed E-state index contributed by atoms with van der Waals surface area (Å²) in [5.74, 6) is 0.979. The highest BCUT2D eigenvalue weighted by atomic mass is 16.5. The van der Waals surface area contributed by atoms with Crippen LogP contribution < -0.4 is 5.32 Å². The molecule has 1 saturated heterocycles. The van der Waals surface area contributed by atoms with Gasteiger partial charge in [-0.2, -0.15) is 0 Å². The molecule has 90 valence electrons. The third kappa shape index (κ3) is 2.38. The molecule has 2 heterocycles. The molecule has 1 aliphatic rings. The fourth-order valence-corrected chi connectivity index (χ4v) is 2.09. The maximum Gasteiger partial charge on any atom is 0.203 e. The van der Waals surface area contributed by atoms with Crippen LogP contribution in [-0.2, 0) is 11.3 Å². The van der Waals surface area contributed by atoms with Crippen LogP contribution in [0.4, 0.5) is 5.95 Å². The molecule has 1 atom stereocenters. The van der Waals surface area contributed by atoms with E-state index < -0.39 is 0 Å². The maximum absolute atomic E-state index is 5.44. The maximum atomic E-state index is 5.44. The number of ether oxygens (including phenoxy) is 1. The van der Waals surface area contributed by atoms with Gasteiger partial charge in [0.25, 0.3) is 0 Å². The van der Waals surface area contributed by atoms with Crippen molar-refractivity contribution in [1.29, 1.82) is 0 Å². The fourth-order valence-electron chi connectivity index (χ4n) is 2.09. The highest BCUT2D eigenvalue weighted by molar-refractivity contribution is 5.33. The van der Waals surface area contributed by atoms with Crippen LogP contribution in [0.1, 0.15) is 32.4 Å². The van der Waals surface area contributed by atoms with E-state index in [-0.39, 0.29) is 5.54 Å². The Morgan fingerprint density at radius 3 is 3.06 bits per heavy atom. The first-order valence-corrected chi connectivity index (χ1v) is 6.03. The lowest BCUT2D eigenvalue weighted by Gasteiger charge is -2.24. The molecule has 1 aromatic heterocycles. The van der Waals surface area contributed by atoms with Crippen LogP contribution in [0, 0.1) is 6.92 Å². The summed E-state index contributed by atoms with van der Waals surface area (Å²) in [6, 6.07) is 0. The lowest BCUT2D eigenvalue weighted by molar-refractivity contribution is 0.185. The van der Waals surface area contributed by atoms with Gasteiger partial charge in [-0.15, -0.1) is 0 Å². The van der Waals surface area contributed by atoms with Gasteiger partial charge in [-0.1, -0.05) is 6.92 Å². The summed E-state index contributed by atoms with van der Waals surface area (Å²) in [7, 11) is 0. The molecular weight excluding hydrogens is 202 g/mol. The van der Waals surface area contributed by atoms with Crippen LogP contribution in [0.2, 0.25) is 0 Å². The Balaban J connectivity index is 2.13. The van der Waals surface area contributed by atoms with Gasteiger partial charge in [-0.3, -0.25) is 0 Å². The molecule has 0 aromatic carbocycles. The molecule has 1 fully saturated rings. The molecule has 16 heavy (non-hydrogen) atoms. The summed E-state index contributed by atoms with van der Waals surface area (Å²) in [5, 5.41) is 3.52. The SMILES string of the molecule is CCCn1cc(C)nc1NC1(C)CCOC1. The van der Waals surface area contributed by atoms with E-state index in [9.17, 15) is 0 Å². The molecule has 1 N–H and O–H groups in total. The zero-order chi connectivity index (χ0) is 11.6. The number of hydrogen-bond acceptors (Lipinski definition) is 3. The van der Waals surface area contributed by atoms with Crippen LogP contribution in [-0.4, -0.2) is 28.3 Å². The third-order valence-electron chi connectivity index (χ3n) is 2.99. The molecule has 0 bridgehead atoms. The van der Waals surface area contributed by atoms with Crippen molar-refractivity contribution in [2.45, 2.75) is 45.7 Å². The Kier molecular flexibility index (Phi) is 3.19. The number of nitrogens with one attached hydrogen (secondary N) is 1. The monoisotopic (exact) mass is 223 g/mol. The Labute approximate surface area is 97.0 Å². The van der Waals surface area contributed by atoms with E-state index in [1.54, 1.807) is 0 Å². The molecule has 0 aliphatic carbocycles. The molecule has 4 nitrogen and oxygen atoms in total. The lowest BCUT2D eigenvalue weighted by Crippen LogP contribution is -2.36. The smallest absolute Gasteiger partial charge is 0.203 e. The second-order valence-corrected chi connectivity index (χ2v) is 4.89. The molecule has 0 spiro atoms. The quantitative estimate of drug-likeness (QED) is 0.850. The van der Waals surface area contributed by atoms with E-state index in [2.05, 4.69) is 34.9 Å². The van der Waals surface area contributed by atoms with Crippen molar-refractivity contribution in [2.24, 2.45) is 0 Å². The van der Waals surface area contributed by atoms with Gasteiger partial charge in [-0.25, -0.2) is 4.98 Å². The average molecular weight is 223 g/mol. The van der Waals surface area contributed by atoms with Crippen LogP contribution in [0.5, 0.6) is 0 Å². The summed E-state index contributed by atoms with van der Waals surface area (Å²) >= 11 is 0. The number of aryl methyl sites for hydroxylation is 2. The first kappa shape index (κ1) is 11.5. The minimum Gasteiger partial charge on any atom is -0.379 e. The Morgan fingerprint density at radius 1 is 1.62 bits per heavy atom. The number of anilines is 1. The predicted molar refractivity (Wildman–Crippen MR) is 64.7 cm³/mol. The molecule has 0 radical (unpaired) electrons. The molecule has 2 rings (SSSR count).